The molecule has 1 N–H and O–H groups in total. The molecule has 1 aromatic rings. The first-order valence-electron chi connectivity index (χ1n) is 5.86. The van der Waals surface area contributed by atoms with Gasteiger partial charge in [0.1, 0.15) is 13.2 Å². The lowest BCUT2D eigenvalue weighted by Crippen LogP contribution is -2.49. The van der Waals surface area contributed by atoms with Crippen LogP contribution in [0.4, 0.5) is 10.1 Å². The summed E-state index contributed by atoms with van der Waals surface area (Å²) in [4.78, 5) is 1.73. The number of ether oxygens (including phenoxy) is 2. The van der Waals surface area contributed by atoms with Crippen molar-refractivity contribution in [2.24, 2.45) is 0 Å². The molecule has 1 aromatic carbocycles. The van der Waals surface area contributed by atoms with E-state index in [4.69, 9.17) is 9.47 Å². The van der Waals surface area contributed by atoms with Gasteiger partial charge in [-0.25, -0.2) is 4.39 Å². The van der Waals surface area contributed by atoms with E-state index in [1.165, 1.54) is 0 Å². The first-order valence-corrected chi connectivity index (χ1v) is 5.86. The number of alkyl halides is 1. The maximum absolute atomic E-state index is 13.9. The number of rotatable bonds is 1. The van der Waals surface area contributed by atoms with E-state index in [0.717, 1.165) is 12.2 Å². The monoisotopic (exact) mass is 238 g/mol. The maximum atomic E-state index is 13.9. The van der Waals surface area contributed by atoms with Gasteiger partial charge in [0.05, 0.1) is 5.69 Å². The second-order valence-corrected chi connectivity index (χ2v) is 4.13. The quantitative estimate of drug-likeness (QED) is 0.744. The Hall–Kier alpha value is -1.49. The minimum atomic E-state index is -1.01. The molecule has 92 valence electrons. The Morgan fingerprint density at radius 2 is 2.18 bits per heavy atom. The van der Waals surface area contributed by atoms with Gasteiger partial charge in [0, 0.05) is 19.6 Å². The van der Waals surface area contributed by atoms with Gasteiger partial charge in [0.25, 0.3) is 0 Å². The van der Waals surface area contributed by atoms with Crippen LogP contribution in [-0.4, -0.2) is 39.1 Å². The zero-order valence-corrected chi connectivity index (χ0v) is 9.49. The summed E-state index contributed by atoms with van der Waals surface area (Å²) in [5, 5.41) is 3.03. The molecule has 2 aliphatic heterocycles. The predicted molar refractivity (Wildman–Crippen MR) is 62.5 cm³/mol. The molecule has 17 heavy (non-hydrogen) atoms. The third-order valence-electron chi connectivity index (χ3n) is 3.04. The van der Waals surface area contributed by atoms with E-state index >= 15 is 0 Å². The van der Waals surface area contributed by atoms with Gasteiger partial charge >= 0.3 is 0 Å². The number of nitrogens with one attached hydrogen (secondary N) is 1. The Morgan fingerprint density at radius 3 is 3.06 bits per heavy atom. The Balaban J connectivity index is 1.96. The fourth-order valence-corrected chi connectivity index (χ4v) is 2.23. The minimum Gasteiger partial charge on any atom is -0.486 e. The molecular formula is C12H15FN2O2. The van der Waals surface area contributed by atoms with Crippen molar-refractivity contribution in [3.8, 4) is 11.5 Å². The topological polar surface area (TPSA) is 33.7 Å². The van der Waals surface area contributed by atoms with E-state index in [1.54, 1.807) is 4.90 Å². The smallest absolute Gasteiger partial charge is 0.185 e. The summed E-state index contributed by atoms with van der Waals surface area (Å²) in [5.74, 6) is 1.38. The van der Waals surface area contributed by atoms with E-state index in [-0.39, 0.29) is 0 Å². The summed E-state index contributed by atoms with van der Waals surface area (Å²) in [6, 6.07) is 5.61. The molecule has 0 saturated carbocycles. The van der Waals surface area contributed by atoms with E-state index in [9.17, 15) is 4.39 Å². The van der Waals surface area contributed by atoms with Gasteiger partial charge in [-0.15, -0.1) is 0 Å². The molecular weight excluding hydrogens is 223 g/mol. The molecule has 1 saturated heterocycles. The Kier molecular flexibility index (Phi) is 2.76. The molecule has 0 radical (unpaired) electrons. The number of piperazine rings is 1. The second-order valence-electron chi connectivity index (χ2n) is 4.13. The molecule has 2 aliphatic rings. The van der Waals surface area contributed by atoms with E-state index in [0.29, 0.717) is 37.8 Å². The van der Waals surface area contributed by atoms with Gasteiger partial charge in [-0.1, -0.05) is 6.07 Å². The number of para-hydroxylation sites is 1. The zero-order chi connectivity index (χ0) is 11.7. The van der Waals surface area contributed by atoms with Crippen molar-refractivity contribution in [1.29, 1.82) is 0 Å². The summed E-state index contributed by atoms with van der Waals surface area (Å²) >= 11 is 0. The lowest BCUT2D eigenvalue weighted by atomic mass is 10.2. The zero-order valence-electron chi connectivity index (χ0n) is 9.49. The van der Waals surface area contributed by atoms with Crippen LogP contribution in [0.25, 0.3) is 0 Å². The molecule has 0 amide bonds. The van der Waals surface area contributed by atoms with Gasteiger partial charge in [-0.05, 0) is 12.1 Å². The molecule has 0 aromatic heterocycles. The summed E-state index contributed by atoms with van der Waals surface area (Å²) in [5.41, 5.74) is 0.788. The van der Waals surface area contributed by atoms with Crippen molar-refractivity contribution in [3.63, 3.8) is 0 Å². The van der Waals surface area contributed by atoms with Crippen molar-refractivity contribution in [1.82, 2.24) is 5.32 Å². The average molecular weight is 238 g/mol. The number of hydrogen-bond acceptors (Lipinski definition) is 4. The molecule has 0 spiro atoms. The van der Waals surface area contributed by atoms with Crippen LogP contribution in [0.2, 0.25) is 0 Å². The highest BCUT2D eigenvalue weighted by Gasteiger charge is 2.26. The van der Waals surface area contributed by atoms with Crippen LogP contribution in [0.15, 0.2) is 18.2 Å². The highest BCUT2D eigenvalue weighted by molar-refractivity contribution is 5.65. The SMILES string of the molecule is FC1CNCCN1c1cccc2c1OCCO2. The van der Waals surface area contributed by atoms with Gasteiger partial charge in [0.15, 0.2) is 17.8 Å². The largest absolute Gasteiger partial charge is 0.486 e. The number of fused-ring (bicyclic) bond motifs is 1. The lowest BCUT2D eigenvalue weighted by molar-refractivity contribution is 0.170. The van der Waals surface area contributed by atoms with Crippen LogP contribution < -0.4 is 19.7 Å². The Bertz CT molecular complexity index is 413. The van der Waals surface area contributed by atoms with Crippen molar-refractivity contribution < 1.29 is 13.9 Å². The lowest BCUT2D eigenvalue weighted by Gasteiger charge is -2.35. The van der Waals surface area contributed by atoms with Crippen LogP contribution in [0.5, 0.6) is 11.5 Å². The summed E-state index contributed by atoms with van der Waals surface area (Å²) < 4.78 is 25.0. The van der Waals surface area contributed by atoms with Crippen LogP contribution in [-0.2, 0) is 0 Å². The number of hydrogen-bond donors (Lipinski definition) is 1. The molecule has 1 atom stereocenters. The molecule has 5 heteroatoms. The summed E-state index contributed by atoms with van der Waals surface area (Å²) in [6.07, 6.45) is -1.01. The van der Waals surface area contributed by atoms with Crippen molar-refractivity contribution in [2.45, 2.75) is 6.30 Å². The normalized spacial score (nSPS) is 23.6. The first kappa shape index (κ1) is 10.7. The average Bonchev–Trinajstić information content (AvgIpc) is 2.39. The summed E-state index contributed by atoms with van der Waals surface area (Å²) in [7, 11) is 0. The molecule has 4 nitrogen and oxygen atoms in total. The molecule has 0 bridgehead atoms. The van der Waals surface area contributed by atoms with E-state index in [2.05, 4.69) is 5.32 Å². The Morgan fingerprint density at radius 1 is 1.29 bits per heavy atom. The van der Waals surface area contributed by atoms with Crippen LogP contribution >= 0.6 is 0 Å². The molecule has 2 heterocycles. The highest BCUT2D eigenvalue weighted by Crippen LogP contribution is 2.40. The van der Waals surface area contributed by atoms with Crippen molar-refractivity contribution >= 4 is 5.69 Å². The predicted octanol–water partition coefficient (Wildman–Crippen LogP) is 1.16. The standard InChI is InChI=1S/C12H15FN2O2/c13-11-8-14-4-5-15(11)9-2-1-3-10-12(9)17-7-6-16-10/h1-3,11,14H,4-8H2. The fourth-order valence-electron chi connectivity index (χ4n) is 2.23. The van der Waals surface area contributed by atoms with Crippen LogP contribution in [0.3, 0.4) is 0 Å². The first-order chi connectivity index (χ1) is 8.36. The molecule has 0 aliphatic carbocycles. The fraction of sp³-hybridized carbons (Fsp3) is 0.500. The molecule has 1 unspecified atom stereocenters. The van der Waals surface area contributed by atoms with E-state index in [1.807, 2.05) is 18.2 Å². The summed E-state index contributed by atoms with van der Waals surface area (Å²) in [6.45, 7) is 2.85. The number of anilines is 1. The van der Waals surface area contributed by atoms with Gasteiger partial charge < -0.3 is 19.7 Å². The van der Waals surface area contributed by atoms with Crippen molar-refractivity contribution in [3.05, 3.63) is 18.2 Å². The van der Waals surface area contributed by atoms with Crippen molar-refractivity contribution in [2.75, 3.05) is 37.7 Å². The van der Waals surface area contributed by atoms with Gasteiger partial charge in [-0.3, -0.25) is 0 Å². The van der Waals surface area contributed by atoms with Gasteiger partial charge in [0.2, 0.25) is 0 Å². The van der Waals surface area contributed by atoms with Crippen LogP contribution in [0.1, 0.15) is 0 Å². The van der Waals surface area contributed by atoms with Crippen LogP contribution in [0, 0.1) is 0 Å². The second kappa shape index (κ2) is 4.41. The number of benzene rings is 1. The molecule has 1 fully saturated rings. The maximum Gasteiger partial charge on any atom is 0.185 e. The third kappa shape index (κ3) is 1.91. The van der Waals surface area contributed by atoms with E-state index < -0.39 is 6.30 Å². The molecule has 3 rings (SSSR count). The van der Waals surface area contributed by atoms with Gasteiger partial charge in [-0.2, -0.15) is 0 Å². The number of nitrogens with zero attached hydrogens (tertiary/aromatic N) is 1. The number of halogens is 1. The minimum absolute atomic E-state index is 0.352. The Labute approximate surface area is 99.3 Å². The third-order valence-corrected chi connectivity index (χ3v) is 3.04. The highest BCUT2D eigenvalue weighted by atomic mass is 19.1.